The number of anilines is 1. The van der Waals surface area contributed by atoms with Crippen molar-refractivity contribution in [2.45, 2.75) is 45.1 Å². The van der Waals surface area contributed by atoms with E-state index in [0.717, 1.165) is 56.7 Å². The lowest BCUT2D eigenvalue weighted by molar-refractivity contribution is -0.129. The molecule has 2 unspecified atom stereocenters. The molecule has 0 radical (unpaired) electrons. The van der Waals surface area contributed by atoms with E-state index in [-0.39, 0.29) is 22.8 Å². The first-order valence-electron chi connectivity index (χ1n) is 10.3. The van der Waals surface area contributed by atoms with Gasteiger partial charge in [0.15, 0.2) is 0 Å². The quantitative estimate of drug-likeness (QED) is 0.713. The number of aromatic nitrogens is 1. The molecule has 0 aliphatic carbocycles. The maximum Gasteiger partial charge on any atom is 0.226 e. The first kappa shape index (κ1) is 19.4. The standard InChI is InChI=1S/C22H28N6O/c1-3-21(2)17(6-4-16-5-7-18(23)25-14-16)19(26-15-27-21)28-12-9-22(10-13-28)8-11-24-20(22)29/h5,7,14-15,17H,3,8-13H2,1-2H3,(H2,23,25)(H,24,29). The summed E-state index contributed by atoms with van der Waals surface area (Å²) in [4.78, 5) is 28.1. The number of rotatable bonds is 1. The van der Waals surface area contributed by atoms with Crippen molar-refractivity contribution in [3.05, 3.63) is 23.9 Å². The van der Waals surface area contributed by atoms with Crippen LogP contribution in [0, 0.1) is 23.2 Å². The van der Waals surface area contributed by atoms with Gasteiger partial charge in [-0.2, -0.15) is 0 Å². The lowest BCUT2D eigenvalue weighted by atomic mass is 9.76. The number of nitrogens with zero attached hydrogens (tertiary/aromatic N) is 4. The Balaban J connectivity index is 1.58. The average molecular weight is 393 g/mol. The van der Waals surface area contributed by atoms with Crippen molar-refractivity contribution < 1.29 is 4.79 Å². The molecule has 2 saturated heterocycles. The first-order chi connectivity index (χ1) is 14.0. The number of amides is 1. The number of hydrogen-bond donors (Lipinski definition) is 2. The Morgan fingerprint density at radius 3 is 2.72 bits per heavy atom. The molecule has 7 nitrogen and oxygen atoms in total. The van der Waals surface area contributed by atoms with Gasteiger partial charge in [0.25, 0.3) is 0 Å². The van der Waals surface area contributed by atoms with Gasteiger partial charge in [-0.1, -0.05) is 18.8 Å². The molecule has 1 aromatic heterocycles. The Labute approximate surface area is 171 Å². The number of carbonyl (C=O) groups excluding carboxylic acids is 1. The van der Waals surface area contributed by atoms with Gasteiger partial charge in [0.05, 0.1) is 11.0 Å². The molecule has 1 amide bonds. The molecule has 29 heavy (non-hydrogen) atoms. The summed E-state index contributed by atoms with van der Waals surface area (Å²) in [6.45, 7) is 6.70. The largest absolute Gasteiger partial charge is 0.384 e. The van der Waals surface area contributed by atoms with Crippen molar-refractivity contribution in [3.8, 4) is 11.8 Å². The molecule has 7 heteroatoms. The van der Waals surface area contributed by atoms with Crippen molar-refractivity contribution in [2.24, 2.45) is 21.3 Å². The van der Waals surface area contributed by atoms with Crippen LogP contribution in [0.2, 0.25) is 0 Å². The minimum atomic E-state index is -0.328. The fraction of sp³-hybridized carbons (Fsp3) is 0.545. The second-order valence-corrected chi connectivity index (χ2v) is 8.39. The number of pyridine rings is 1. The van der Waals surface area contributed by atoms with Gasteiger partial charge in [-0.15, -0.1) is 0 Å². The smallest absolute Gasteiger partial charge is 0.226 e. The summed E-state index contributed by atoms with van der Waals surface area (Å²) < 4.78 is 0. The maximum atomic E-state index is 12.3. The van der Waals surface area contributed by atoms with Crippen LogP contribution in [0.1, 0.15) is 45.1 Å². The molecule has 4 heterocycles. The third-order valence-electron chi connectivity index (χ3n) is 6.70. The number of piperidine rings is 1. The molecule has 3 N–H and O–H groups in total. The summed E-state index contributed by atoms with van der Waals surface area (Å²) in [7, 11) is 0. The van der Waals surface area contributed by atoms with Gasteiger partial charge in [-0.05, 0) is 44.7 Å². The van der Waals surface area contributed by atoms with Crippen LogP contribution in [0.5, 0.6) is 0 Å². The molecule has 0 saturated carbocycles. The molecular formula is C22H28N6O. The van der Waals surface area contributed by atoms with E-state index < -0.39 is 0 Å². The van der Waals surface area contributed by atoms with Gasteiger partial charge in [0.2, 0.25) is 5.91 Å². The van der Waals surface area contributed by atoms with Crippen molar-refractivity contribution >= 4 is 23.9 Å². The SMILES string of the molecule is CCC1(C)N=CN=C(N2CCC3(CCNC3=O)CC2)C1C#Cc1ccc(N)nc1. The summed E-state index contributed by atoms with van der Waals surface area (Å²) in [6.07, 6.45) is 6.89. The molecule has 152 valence electrons. The summed E-state index contributed by atoms with van der Waals surface area (Å²) in [6, 6.07) is 3.64. The molecule has 0 bridgehead atoms. The van der Waals surface area contributed by atoms with E-state index in [9.17, 15) is 4.79 Å². The van der Waals surface area contributed by atoms with Crippen LogP contribution in [0.4, 0.5) is 5.82 Å². The summed E-state index contributed by atoms with van der Waals surface area (Å²) in [5.41, 5.74) is 5.98. The van der Waals surface area contributed by atoms with E-state index in [1.807, 2.05) is 6.07 Å². The molecular weight excluding hydrogens is 364 g/mol. The Kier molecular flexibility index (Phi) is 5.03. The Morgan fingerprint density at radius 1 is 1.31 bits per heavy atom. The van der Waals surface area contributed by atoms with Crippen LogP contribution < -0.4 is 11.1 Å². The monoisotopic (exact) mass is 392 g/mol. The normalized spacial score (nSPS) is 27.9. The fourth-order valence-electron chi connectivity index (χ4n) is 4.42. The van der Waals surface area contributed by atoms with Gasteiger partial charge in [-0.25, -0.2) is 9.98 Å². The lowest BCUT2D eigenvalue weighted by Gasteiger charge is -2.43. The van der Waals surface area contributed by atoms with Gasteiger partial charge in [-0.3, -0.25) is 9.79 Å². The second kappa shape index (κ2) is 7.51. The molecule has 3 aliphatic rings. The Morgan fingerprint density at radius 2 is 2.10 bits per heavy atom. The Hall–Kier alpha value is -2.88. The third-order valence-corrected chi connectivity index (χ3v) is 6.70. The maximum absolute atomic E-state index is 12.3. The van der Waals surface area contributed by atoms with Gasteiger partial charge < -0.3 is 16.0 Å². The van der Waals surface area contributed by atoms with Crippen LogP contribution in [-0.4, -0.2) is 53.1 Å². The highest BCUT2D eigenvalue weighted by molar-refractivity contribution is 5.96. The molecule has 1 spiro atoms. The number of amidine groups is 1. The number of carbonyl (C=O) groups is 1. The van der Waals surface area contributed by atoms with Gasteiger partial charge in [0.1, 0.15) is 23.9 Å². The molecule has 1 aromatic rings. The zero-order valence-electron chi connectivity index (χ0n) is 17.1. The van der Waals surface area contributed by atoms with Crippen LogP contribution in [-0.2, 0) is 4.79 Å². The highest BCUT2D eigenvalue weighted by Gasteiger charge is 2.46. The average Bonchev–Trinajstić information content (AvgIpc) is 3.08. The van der Waals surface area contributed by atoms with Gasteiger partial charge in [0, 0.05) is 31.4 Å². The van der Waals surface area contributed by atoms with Crippen molar-refractivity contribution in [3.63, 3.8) is 0 Å². The zero-order chi connectivity index (χ0) is 20.5. The fourth-order valence-corrected chi connectivity index (χ4v) is 4.42. The highest BCUT2D eigenvalue weighted by atomic mass is 16.2. The van der Waals surface area contributed by atoms with Gasteiger partial charge >= 0.3 is 0 Å². The number of hydrogen-bond acceptors (Lipinski definition) is 6. The predicted octanol–water partition coefficient (Wildman–Crippen LogP) is 1.84. The van der Waals surface area contributed by atoms with E-state index in [1.54, 1.807) is 18.6 Å². The third kappa shape index (κ3) is 3.59. The number of likely N-dealkylation sites (tertiary alicyclic amines) is 1. The minimum Gasteiger partial charge on any atom is -0.384 e. The van der Waals surface area contributed by atoms with Crippen molar-refractivity contribution in [1.82, 2.24) is 15.2 Å². The lowest BCUT2D eigenvalue weighted by Crippen LogP contribution is -2.52. The zero-order valence-corrected chi connectivity index (χ0v) is 17.1. The highest BCUT2D eigenvalue weighted by Crippen LogP contribution is 2.39. The van der Waals surface area contributed by atoms with E-state index in [0.29, 0.717) is 5.82 Å². The minimum absolute atomic E-state index is 0.110. The van der Waals surface area contributed by atoms with Crippen LogP contribution >= 0.6 is 0 Å². The van der Waals surface area contributed by atoms with Crippen LogP contribution in [0.25, 0.3) is 0 Å². The van der Waals surface area contributed by atoms with Crippen molar-refractivity contribution in [2.75, 3.05) is 25.4 Å². The van der Waals surface area contributed by atoms with E-state index in [1.165, 1.54) is 0 Å². The topological polar surface area (TPSA) is 96.0 Å². The number of nitrogen functional groups attached to an aromatic ring is 1. The summed E-state index contributed by atoms with van der Waals surface area (Å²) >= 11 is 0. The number of nitrogens with two attached hydrogens (primary N) is 1. The van der Waals surface area contributed by atoms with Crippen LogP contribution in [0.3, 0.4) is 0 Å². The molecule has 2 fully saturated rings. The number of nitrogens with one attached hydrogen (secondary N) is 1. The molecule has 3 aliphatic heterocycles. The Bertz CT molecular complexity index is 901. The van der Waals surface area contributed by atoms with E-state index in [4.69, 9.17) is 5.73 Å². The summed E-state index contributed by atoms with van der Waals surface area (Å²) in [5, 5.41) is 3.00. The molecule has 4 rings (SSSR count). The predicted molar refractivity (Wildman–Crippen MR) is 115 cm³/mol. The second-order valence-electron chi connectivity index (χ2n) is 8.39. The van der Waals surface area contributed by atoms with Crippen LogP contribution in [0.15, 0.2) is 28.3 Å². The van der Waals surface area contributed by atoms with Crippen molar-refractivity contribution in [1.29, 1.82) is 0 Å². The molecule has 0 aromatic carbocycles. The molecule has 2 atom stereocenters. The van der Waals surface area contributed by atoms with E-state index >= 15 is 0 Å². The van der Waals surface area contributed by atoms with E-state index in [2.05, 4.69) is 50.9 Å². The summed E-state index contributed by atoms with van der Waals surface area (Å²) in [5.74, 6) is 8.22. The number of aliphatic imine (C=N–C) groups is 2. The first-order valence-corrected chi connectivity index (χ1v) is 10.3.